The summed E-state index contributed by atoms with van der Waals surface area (Å²) in [6.45, 7) is 1.99. The Kier molecular flexibility index (Phi) is 6.26. The van der Waals surface area contributed by atoms with E-state index in [0.29, 0.717) is 18.6 Å². The number of amides is 2. The molecule has 6 nitrogen and oxygen atoms in total. The molecule has 1 aliphatic carbocycles. The molecule has 2 aliphatic rings. The lowest BCUT2D eigenvalue weighted by molar-refractivity contribution is -0.135. The number of carbonyl (C=O) groups excluding carboxylic acids is 2. The smallest absolute Gasteiger partial charge is 0.286 e. The summed E-state index contributed by atoms with van der Waals surface area (Å²) in [6, 6.07) is 17.2. The minimum atomic E-state index is -0.258. The topological polar surface area (TPSA) is 76.7 Å². The predicted octanol–water partition coefficient (Wildman–Crippen LogP) is 3.60. The molecule has 4 rings (SSSR count). The second-order valence-electron chi connectivity index (χ2n) is 8.14. The fourth-order valence-corrected chi connectivity index (χ4v) is 4.31. The van der Waals surface area contributed by atoms with Gasteiger partial charge in [-0.1, -0.05) is 48.5 Å². The molecule has 2 aromatic rings. The largest absolute Gasteiger partial charge is 0.496 e. The SMILES string of the molecule is COc1ccccc1/C=C1\OC2CCC(C(=O)NC(C)c3ccccc3)CC2NC1=O. The third-order valence-corrected chi connectivity index (χ3v) is 6.06. The van der Waals surface area contributed by atoms with Gasteiger partial charge < -0.3 is 20.1 Å². The lowest BCUT2D eigenvalue weighted by atomic mass is 9.82. The van der Waals surface area contributed by atoms with Crippen molar-refractivity contribution in [1.82, 2.24) is 10.6 Å². The van der Waals surface area contributed by atoms with Gasteiger partial charge in [0.05, 0.1) is 19.2 Å². The van der Waals surface area contributed by atoms with Crippen LogP contribution in [0.5, 0.6) is 5.75 Å². The molecule has 2 fully saturated rings. The Morgan fingerprint density at radius 1 is 1.16 bits per heavy atom. The van der Waals surface area contributed by atoms with E-state index in [2.05, 4.69) is 10.6 Å². The monoisotopic (exact) mass is 420 g/mol. The van der Waals surface area contributed by atoms with E-state index in [4.69, 9.17) is 9.47 Å². The lowest BCUT2D eigenvalue weighted by Crippen LogP contribution is -2.54. The van der Waals surface area contributed by atoms with E-state index in [1.807, 2.05) is 61.5 Å². The number of hydrogen-bond acceptors (Lipinski definition) is 4. The average Bonchev–Trinajstić information content (AvgIpc) is 2.80. The van der Waals surface area contributed by atoms with Gasteiger partial charge in [0.15, 0.2) is 5.76 Å². The van der Waals surface area contributed by atoms with Crippen LogP contribution in [-0.2, 0) is 14.3 Å². The van der Waals surface area contributed by atoms with E-state index in [0.717, 1.165) is 17.5 Å². The highest BCUT2D eigenvalue weighted by molar-refractivity contribution is 5.97. The van der Waals surface area contributed by atoms with Crippen molar-refractivity contribution < 1.29 is 19.1 Å². The Morgan fingerprint density at radius 3 is 2.68 bits per heavy atom. The Balaban J connectivity index is 1.39. The van der Waals surface area contributed by atoms with Crippen LogP contribution in [0.2, 0.25) is 0 Å². The highest BCUT2D eigenvalue weighted by atomic mass is 16.5. The van der Waals surface area contributed by atoms with E-state index in [1.54, 1.807) is 13.2 Å². The molecule has 1 heterocycles. The van der Waals surface area contributed by atoms with Crippen LogP contribution in [0.25, 0.3) is 6.08 Å². The van der Waals surface area contributed by atoms with E-state index < -0.39 is 0 Å². The van der Waals surface area contributed by atoms with E-state index in [9.17, 15) is 9.59 Å². The molecule has 1 saturated heterocycles. The third kappa shape index (κ3) is 4.74. The van der Waals surface area contributed by atoms with Gasteiger partial charge in [0.1, 0.15) is 11.9 Å². The molecule has 6 heteroatoms. The van der Waals surface area contributed by atoms with Crippen molar-refractivity contribution in [2.75, 3.05) is 7.11 Å². The Hall–Kier alpha value is -3.28. The minimum Gasteiger partial charge on any atom is -0.496 e. The van der Waals surface area contributed by atoms with Crippen LogP contribution in [-0.4, -0.2) is 31.1 Å². The molecule has 31 heavy (non-hydrogen) atoms. The molecule has 0 spiro atoms. The number of methoxy groups -OCH3 is 1. The number of nitrogens with one attached hydrogen (secondary N) is 2. The maximum absolute atomic E-state index is 12.8. The summed E-state index contributed by atoms with van der Waals surface area (Å²) in [4.78, 5) is 25.5. The number of morpholine rings is 1. The second kappa shape index (κ2) is 9.25. The number of fused-ring (bicyclic) bond motifs is 1. The van der Waals surface area contributed by atoms with Crippen molar-refractivity contribution in [2.24, 2.45) is 5.92 Å². The van der Waals surface area contributed by atoms with Gasteiger partial charge in [-0.2, -0.15) is 0 Å². The van der Waals surface area contributed by atoms with Crippen LogP contribution >= 0.6 is 0 Å². The molecule has 0 radical (unpaired) electrons. The lowest BCUT2D eigenvalue weighted by Gasteiger charge is -2.40. The molecule has 1 aliphatic heterocycles. The molecule has 2 N–H and O–H groups in total. The third-order valence-electron chi connectivity index (χ3n) is 6.06. The number of para-hydroxylation sites is 1. The first-order valence-electron chi connectivity index (χ1n) is 10.7. The van der Waals surface area contributed by atoms with E-state index in [1.165, 1.54) is 0 Å². The van der Waals surface area contributed by atoms with Crippen LogP contribution in [0.3, 0.4) is 0 Å². The Bertz CT molecular complexity index is 972. The molecular weight excluding hydrogens is 392 g/mol. The predicted molar refractivity (Wildman–Crippen MR) is 118 cm³/mol. The quantitative estimate of drug-likeness (QED) is 0.725. The summed E-state index contributed by atoms with van der Waals surface area (Å²) in [5.41, 5.74) is 1.86. The molecule has 4 atom stereocenters. The number of ether oxygens (including phenoxy) is 2. The number of carbonyl (C=O) groups is 2. The van der Waals surface area contributed by atoms with Gasteiger partial charge in [-0.15, -0.1) is 0 Å². The maximum atomic E-state index is 12.8. The molecule has 0 aromatic heterocycles. The van der Waals surface area contributed by atoms with Gasteiger partial charge in [-0.25, -0.2) is 0 Å². The molecule has 1 saturated carbocycles. The first-order valence-corrected chi connectivity index (χ1v) is 10.7. The highest BCUT2D eigenvalue weighted by Crippen LogP contribution is 2.32. The number of rotatable bonds is 5. The zero-order valence-corrected chi connectivity index (χ0v) is 17.8. The summed E-state index contributed by atoms with van der Waals surface area (Å²) >= 11 is 0. The average molecular weight is 421 g/mol. The second-order valence-corrected chi connectivity index (χ2v) is 8.14. The van der Waals surface area contributed by atoms with Crippen molar-refractivity contribution >= 4 is 17.9 Å². The van der Waals surface area contributed by atoms with Crippen LogP contribution in [0, 0.1) is 5.92 Å². The summed E-state index contributed by atoms with van der Waals surface area (Å²) in [5, 5.41) is 6.15. The summed E-state index contributed by atoms with van der Waals surface area (Å²) in [6.07, 6.45) is 3.60. The molecule has 4 unspecified atom stereocenters. The summed E-state index contributed by atoms with van der Waals surface area (Å²) in [5.74, 6) is 0.592. The van der Waals surface area contributed by atoms with Crippen molar-refractivity contribution in [3.63, 3.8) is 0 Å². The van der Waals surface area contributed by atoms with Crippen molar-refractivity contribution in [2.45, 2.75) is 44.4 Å². The minimum absolute atomic E-state index is 0.0272. The number of benzene rings is 2. The van der Waals surface area contributed by atoms with Crippen LogP contribution in [0.15, 0.2) is 60.4 Å². The van der Waals surface area contributed by atoms with Crippen LogP contribution < -0.4 is 15.4 Å². The van der Waals surface area contributed by atoms with Crippen LogP contribution in [0.4, 0.5) is 0 Å². The first-order chi connectivity index (χ1) is 15.0. The van der Waals surface area contributed by atoms with Crippen LogP contribution in [0.1, 0.15) is 43.4 Å². The Morgan fingerprint density at radius 2 is 1.90 bits per heavy atom. The normalized spacial score (nSPS) is 25.0. The molecule has 162 valence electrons. The zero-order valence-electron chi connectivity index (χ0n) is 17.8. The molecular formula is C25H28N2O4. The van der Waals surface area contributed by atoms with Gasteiger partial charge in [0.2, 0.25) is 5.91 Å². The van der Waals surface area contributed by atoms with Gasteiger partial charge in [0, 0.05) is 11.5 Å². The van der Waals surface area contributed by atoms with E-state index >= 15 is 0 Å². The zero-order chi connectivity index (χ0) is 21.8. The summed E-state index contributed by atoms with van der Waals surface area (Å²) < 4.78 is 11.4. The van der Waals surface area contributed by atoms with Crippen molar-refractivity contribution in [3.05, 3.63) is 71.5 Å². The maximum Gasteiger partial charge on any atom is 0.286 e. The Labute approximate surface area is 182 Å². The fourth-order valence-electron chi connectivity index (χ4n) is 4.31. The fraction of sp³-hybridized carbons (Fsp3) is 0.360. The van der Waals surface area contributed by atoms with Crippen molar-refractivity contribution in [1.29, 1.82) is 0 Å². The standard InChI is InChI=1S/C25H28N2O4/c1-16(17-8-4-3-5-9-17)26-24(28)19-12-13-22-20(14-19)27-25(29)23(31-22)15-18-10-6-7-11-21(18)30-2/h3-11,15-16,19-20,22H,12-14H2,1-2H3,(H,26,28)(H,27,29)/b23-15-. The number of hydrogen-bond donors (Lipinski definition) is 2. The van der Waals surface area contributed by atoms with Gasteiger partial charge in [-0.3, -0.25) is 9.59 Å². The molecule has 2 amide bonds. The van der Waals surface area contributed by atoms with Gasteiger partial charge in [-0.05, 0) is 43.9 Å². The van der Waals surface area contributed by atoms with Crippen molar-refractivity contribution in [3.8, 4) is 5.75 Å². The van der Waals surface area contributed by atoms with Gasteiger partial charge in [0.25, 0.3) is 5.91 Å². The molecule has 0 bridgehead atoms. The van der Waals surface area contributed by atoms with E-state index in [-0.39, 0.29) is 41.7 Å². The first kappa shape index (κ1) is 21.0. The van der Waals surface area contributed by atoms with Gasteiger partial charge >= 0.3 is 0 Å². The summed E-state index contributed by atoms with van der Waals surface area (Å²) in [7, 11) is 1.60. The molecule has 2 aromatic carbocycles. The highest BCUT2D eigenvalue weighted by Gasteiger charge is 2.40.